The highest BCUT2D eigenvalue weighted by Gasteiger charge is 2.29. The molecule has 2 N–H and O–H groups in total. The maximum atomic E-state index is 12.8. The lowest BCUT2D eigenvalue weighted by Crippen LogP contribution is -2.43. The lowest BCUT2D eigenvalue weighted by molar-refractivity contribution is 0.0158. The van der Waals surface area contributed by atoms with E-state index in [9.17, 15) is 9.90 Å². The van der Waals surface area contributed by atoms with Crippen molar-refractivity contribution in [2.75, 3.05) is 18.4 Å². The van der Waals surface area contributed by atoms with Gasteiger partial charge in [0.05, 0.1) is 15.7 Å². The highest BCUT2D eigenvalue weighted by molar-refractivity contribution is 6.39. The molecule has 0 bridgehead atoms. The van der Waals surface area contributed by atoms with Crippen LogP contribution in [0, 0.1) is 5.92 Å². The molecule has 1 fully saturated rings. The summed E-state index contributed by atoms with van der Waals surface area (Å²) in [6.45, 7) is 7.96. The number of likely N-dealkylation sites (tertiary alicyclic amines) is 1. The Bertz CT molecular complexity index is 1510. The Labute approximate surface area is 243 Å². The third kappa shape index (κ3) is 6.45. The highest BCUT2D eigenvalue weighted by atomic mass is 35.5. The molecular weight excluding hydrogens is 549 g/mol. The second kappa shape index (κ2) is 11.6. The zero-order chi connectivity index (χ0) is 28.4. The number of halogens is 2. The Hall–Kier alpha value is -3.49. The van der Waals surface area contributed by atoms with Gasteiger partial charge >= 0.3 is 6.09 Å². The molecule has 210 valence electrons. The number of carbonyl (C=O) groups is 1. The monoisotopic (exact) mass is 581 g/mol. The molecule has 40 heavy (non-hydrogen) atoms. The maximum absolute atomic E-state index is 12.8. The number of nitrogens with zero attached hydrogens (tertiary/aromatic N) is 4. The fraction of sp³-hybridized carbons (Fsp3) is 0.367. The molecule has 1 aliphatic rings. The molecule has 0 spiro atoms. The smallest absolute Gasteiger partial charge is 0.410 e. The lowest BCUT2D eigenvalue weighted by Gasteiger charge is -2.34. The van der Waals surface area contributed by atoms with Gasteiger partial charge in [-0.25, -0.2) is 9.78 Å². The zero-order valence-electron chi connectivity index (χ0n) is 22.8. The van der Waals surface area contributed by atoms with E-state index < -0.39 is 5.60 Å². The Morgan fingerprint density at radius 1 is 1.15 bits per heavy atom. The van der Waals surface area contributed by atoms with Gasteiger partial charge in [0.2, 0.25) is 5.95 Å². The number of amides is 1. The summed E-state index contributed by atoms with van der Waals surface area (Å²) in [5.74, 6) is 0.847. The van der Waals surface area contributed by atoms with Crippen LogP contribution in [0.4, 0.5) is 10.7 Å². The normalized spacial score (nSPS) is 15.8. The van der Waals surface area contributed by atoms with Gasteiger partial charge in [0, 0.05) is 43.3 Å². The van der Waals surface area contributed by atoms with Crippen molar-refractivity contribution in [1.82, 2.24) is 19.4 Å². The first-order valence-corrected chi connectivity index (χ1v) is 14.1. The number of phenols is 1. The number of anilines is 1. The number of aromatic nitrogens is 3. The van der Waals surface area contributed by atoms with E-state index in [2.05, 4.69) is 14.9 Å². The number of carbonyl (C=O) groups excluding carboxylic acids is 1. The van der Waals surface area contributed by atoms with Gasteiger partial charge in [0.1, 0.15) is 17.0 Å². The minimum Gasteiger partial charge on any atom is -0.508 e. The Morgan fingerprint density at radius 2 is 1.90 bits per heavy atom. The first-order chi connectivity index (χ1) is 19.1. The van der Waals surface area contributed by atoms with Gasteiger partial charge < -0.3 is 24.6 Å². The van der Waals surface area contributed by atoms with Crippen LogP contribution in [-0.2, 0) is 17.8 Å². The quantitative estimate of drug-likeness (QED) is 0.247. The molecule has 4 aromatic rings. The molecule has 1 amide bonds. The van der Waals surface area contributed by atoms with Gasteiger partial charge in [-0.2, -0.15) is 4.98 Å². The van der Waals surface area contributed by atoms with Gasteiger partial charge in [0.25, 0.3) is 0 Å². The number of aromatic hydroxyl groups is 1. The van der Waals surface area contributed by atoms with Gasteiger partial charge in [-0.15, -0.1) is 0 Å². The summed E-state index contributed by atoms with van der Waals surface area (Å²) >= 11 is 13.3. The van der Waals surface area contributed by atoms with Crippen molar-refractivity contribution in [3.05, 3.63) is 70.3 Å². The first-order valence-electron chi connectivity index (χ1n) is 13.4. The standard InChI is InChI=1S/C30H33Cl2N5O3/c1-30(2,3)40-29(39)36-12-6-8-20(17-36)18-37-25(26-23(31)10-5-11-24(26)32)14-21-16-34-28(35-27(21)37)33-15-19-7-4-9-22(38)13-19/h4-5,7,9-11,13-14,16,20,38H,6,8,12,15,17-18H2,1-3H3,(H,33,34,35). The zero-order valence-corrected chi connectivity index (χ0v) is 24.3. The van der Waals surface area contributed by atoms with Crippen molar-refractivity contribution in [3.63, 3.8) is 0 Å². The second-order valence-corrected chi connectivity index (χ2v) is 12.0. The van der Waals surface area contributed by atoms with Crippen LogP contribution >= 0.6 is 23.2 Å². The van der Waals surface area contributed by atoms with E-state index in [0.717, 1.165) is 40.7 Å². The molecular formula is C30H33Cl2N5O3. The minimum absolute atomic E-state index is 0.176. The molecule has 8 nitrogen and oxygen atoms in total. The number of rotatable bonds is 6. The van der Waals surface area contributed by atoms with Crippen molar-refractivity contribution < 1.29 is 14.6 Å². The summed E-state index contributed by atoms with van der Waals surface area (Å²) in [5, 5.41) is 15.0. The van der Waals surface area contributed by atoms with E-state index in [4.69, 9.17) is 32.9 Å². The molecule has 1 saturated heterocycles. The number of hydrogen-bond donors (Lipinski definition) is 2. The molecule has 5 rings (SSSR count). The van der Waals surface area contributed by atoms with Gasteiger partial charge in [-0.05, 0) is 75.4 Å². The third-order valence-corrected chi connectivity index (χ3v) is 7.46. The van der Waals surface area contributed by atoms with Gasteiger partial charge in [-0.3, -0.25) is 0 Å². The summed E-state index contributed by atoms with van der Waals surface area (Å²) in [5.41, 5.74) is 2.69. The first kappa shape index (κ1) is 28.1. The van der Waals surface area contributed by atoms with Crippen molar-refractivity contribution in [1.29, 1.82) is 0 Å². The summed E-state index contributed by atoms with van der Waals surface area (Å²) < 4.78 is 7.77. The fourth-order valence-electron chi connectivity index (χ4n) is 5.07. The Kier molecular flexibility index (Phi) is 8.10. The van der Waals surface area contributed by atoms with E-state index in [0.29, 0.717) is 42.2 Å². The molecule has 0 radical (unpaired) electrons. The van der Waals surface area contributed by atoms with Crippen molar-refractivity contribution in [2.24, 2.45) is 5.92 Å². The van der Waals surface area contributed by atoms with Gasteiger partial charge in [-0.1, -0.05) is 41.4 Å². The molecule has 3 heterocycles. The van der Waals surface area contributed by atoms with E-state index in [1.54, 1.807) is 29.3 Å². The Morgan fingerprint density at radius 3 is 2.62 bits per heavy atom. The van der Waals surface area contributed by atoms with Crippen LogP contribution in [0.15, 0.2) is 54.7 Å². The minimum atomic E-state index is -0.548. The number of benzene rings is 2. The highest BCUT2D eigenvalue weighted by Crippen LogP contribution is 2.38. The lowest BCUT2D eigenvalue weighted by atomic mass is 9.98. The average molecular weight is 583 g/mol. The average Bonchev–Trinajstić information content (AvgIpc) is 3.23. The molecule has 2 aromatic carbocycles. The molecule has 0 aliphatic carbocycles. The summed E-state index contributed by atoms with van der Waals surface area (Å²) in [4.78, 5) is 24.0. The van der Waals surface area contributed by atoms with Crippen LogP contribution in [0.2, 0.25) is 10.0 Å². The van der Waals surface area contributed by atoms with Crippen LogP contribution < -0.4 is 5.32 Å². The molecule has 10 heteroatoms. The Balaban J connectivity index is 1.48. The molecule has 1 aliphatic heterocycles. The van der Waals surface area contributed by atoms with Crippen molar-refractivity contribution >= 4 is 46.3 Å². The topological polar surface area (TPSA) is 92.5 Å². The van der Waals surface area contributed by atoms with Gasteiger partial charge in [0.15, 0.2) is 0 Å². The summed E-state index contributed by atoms with van der Waals surface area (Å²) in [6, 6.07) is 14.5. The number of piperidine rings is 1. The number of ether oxygens (including phenoxy) is 1. The summed E-state index contributed by atoms with van der Waals surface area (Å²) in [7, 11) is 0. The van der Waals surface area contributed by atoms with Crippen molar-refractivity contribution in [2.45, 2.75) is 52.3 Å². The molecule has 2 aromatic heterocycles. The van der Waals surface area contributed by atoms with Crippen LogP contribution in [0.3, 0.4) is 0 Å². The summed E-state index contributed by atoms with van der Waals surface area (Å²) in [6.07, 6.45) is 3.34. The second-order valence-electron chi connectivity index (χ2n) is 11.2. The third-order valence-electron chi connectivity index (χ3n) is 6.83. The molecule has 1 unspecified atom stereocenters. The van der Waals surface area contributed by atoms with Crippen LogP contribution in [0.5, 0.6) is 5.75 Å². The number of phenolic OH excluding ortho intramolecular Hbond substituents is 1. The predicted molar refractivity (Wildman–Crippen MR) is 159 cm³/mol. The number of nitrogens with one attached hydrogen (secondary N) is 1. The van der Waals surface area contributed by atoms with Crippen LogP contribution in [0.25, 0.3) is 22.3 Å². The number of fused-ring (bicyclic) bond motifs is 1. The van der Waals surface area contributed by atoms with E-state index in [1.807, 2.05) is 51.1 Å². The van der Waals surface area contributed by atoms with Crippen molar-refractivity contribution in [3.8, 4) is 17.0 Å². The predicted octanol–water partition coefficient (Wildman–Crippen LogP) is 7.37. The maximum Gasteiger partial charge on any atom is 0.410 e. The fourth-order valence-corrected chi connectivity index (χ4v) is 5.66. The van der Waals surface area contributed by atoms with Crippen LogP contribution in [0.1, 0.15) is 39.2 Å². The molecule has 1 atom stereocenters. The van der Waals surface area contributed by atoms with E-state index in [-0.39, 0.29) is 17.8 Å². The molecule has 0 saturated carbocycles. The van der Waals surface area contributed by atoms with E-state index >= 15 is 0 Å². The van der Waals surface area contributed by atoms with E-state index in [1.165, 1.54) is 0 Å². The number of hydrogen-bond acceptors (Lipinski definition) is 6. The largest absolute Gasteiger partial charge is 0.508 e. The van der Waals surface area contributed by atoms with Crippen LogP contribution in [-0.4, -0.2) is 49.3 Å². The SMILES string of the molecule is CC(C)(C)OC(=O)N1CCCC(Cn2c(-c3c(Cl)cccc3Cl)cc3cnc(NCc4cccc(O)c4)nc32)C1.